The Morgan fingerprint density at radius 3 is 2.93 bits per heavy atom. The number of hydrogen-bond donors (Lipinski definition) is 2. The molecule has 2 N–H and O–H groups in total. The summed E-state index contributed by atoms with van der Waals surface area (Å²) in [4.78, 5) is 13.6. The van der Waals surface area contributed by atoms with Gasteiger partial charge < -0.3 is 15.3 Å². The Morgan fingerprint density at radius 2 is 2.40 bits per heavy atom. The van der Waals surface area contributed by atoms with E-state index in [4.69, 9.17) is 5.11 Å². The lowest BCUT2D eigenvalue weighted by molar-refractivity contribution is -0.134. The van der Waals surface area contributed by atoms with Gasteiger partial charge in [-0.25, -0.2) is 0 Å². The molecule has 0 aromatic heterocycles. The highest BCUT2D eigenvalue weighted by Crippen LogP contribution is 2.09. The van der Waals surface area contributed by atoms with Crippen LogP contribution in [0.3, 0.4) is 0 Å². The molecule has 1 atom stereocenters. The zero-order valence-corrected chi connectivity index (χ0v) is 9.11. The maximum absolute atomic E-state index is 12.0. The second kappa shape index (κ2) is 6.58. The fraction of sp³-hybridized carbons (Fsp3) is 0.727. The largest absolute Gasteiger partial charge is 0.395 e. The van der Waals surface area contributed by atoms with E-state index in [-0.39, 0.29) is 18.6 Å². The number of hydrogen-bond acceptors (Lipinski definition) is 3. The average Bonchev–Trinajstić information content (AvgIpc) is 2.29. The number of nitrogens with zero attached hydrogens (tertiary/aromatic N) is 1. The van der Waals surface area contributed by atoms with Crippen molar-refractivity contribution in [3.05, 3.63) is 12.7 Å². The van der Waals surface area contributed by atoms with E-state index in [1.807, 2.05) is 0 Å². The monoisotopic (exact) mass is 212 g/mol. The normalized spacial score (nSPS) is 21.0. The van der Waals surface area contributed by atoms with E-state index in [1.165, 1.54) is 0 Å². The van der Waals surface area contributed by atoms with Crippen LogP contribution in [0.2, 0.25) is 0 Å². The number of aliphatic hydroxyl groups is 1. The van der Waals surface area contributed by atoms with E-state index in [9.17, 15) is 4.79 Å². The molecule has 1 fully saturated rings. The number of piperidine rings is 1. The molecule has 86 valence electrons. The summed E-state index contributed by atoms with van der Waals surface area (Å²) in [7, 11) is 0. The van der Waals surface area contributed by atoms with Gasteiger partial charge in [0.05, 0.1) is 12.6 Å². The molecule has 0 bridgehead atoms. The van der Waals surface area contributed by atoms with Crippen LogP contribution in [0, 0.1) is 0 Å². The van der Waals surface area contributed by atoms with Crippen LogP contribution in [-0.2, 0) is 4.79 Å². The van der Waals surface area contributed by atoms with Crippen LogP contribution in [0.4, 0.5) is 0 Å². The standard InChI is InChI=1S/C11H20N2O2/c1-2-7-13(8-9-14)11(15)10-5-3-4-6-12-10/h2,10,12,14H,1,3-9H2. The molecule has 0 aliphatic carbocycles. The van der Waals surface area contributed by atoms with E-state index in [1.54, 1.807) is 11.0 Å². The van der Waals surface area contributed by atoms with Gasteiger partial charge in [0.2, 0.25) is 5.91 Å². The molecule has 0 aromatic carbocycles. The summed E-state index contributed by atoms with van der Waals surface area (Å²) in [5, 5.41) is 12.1. The zero-order chi connectivity index (χ0) is 11.1. The van der Waals surface area contributed by atoms with E-state index < -0.39 is 0 Å². The number of aliphatic hydroxyl groups excluding tert-OH is 1. The predicted molar refractivity (Wildman–Crippen MR) is 59.5 cm³/mol. The molecule has 4 nitrogen and oxygen atoms in total. The highest BCUT2D eigenvalue weighted by molar-refractivity contribution is 5.82. The minimum Gasteiger partial charge on any atom is -0.395 e. The smallest absolute Gasteiger partial charge is 0.240 e. The number of carbonyl (C=O) groups is 1. The molecule has 1 amide bonds. The van der Waals surface area contributed by atoms with Crippen LogP contribution in [0.25, 0.3) is 0 Å². The van der Waals surface area contributed by atoms with Crippen molar-refractivity contribution in [3.8, 4) is 0 Å². The van der Waals surface area contributed by atoms with Crippen molar-refractivity contribution >= 4 is 5.91 Å². The summed E-state index contributed by atoms with van der Waals surface area (Å²) in [5.41, 5.74) is 0. The van der Waals surface area contributed by atoms with Crippen LogP contribution in [0.15, 0.2) is 12.7 Å². The van der Waals surface area contributed by atoms with Gasteiger partial charge in [-0.15, -0.1) is 6.58 Å². The van der Waals surface area contributed by atoms with Crippen LogP contribution < -0.4 is 5.32 Å². The summed E-state index contributed by atoms with van der Waals surface area (Å²) in [6.45, 7) is 5.44. The molecule has 1 aliphatic heterocycles. The Hall–Kier alpha value is -0.870. The maximum Gasteiger partial charge on any atom is 0.240 e. The van der Waals surface area contributed by atoms with Crippen LogP contribution >= 0.6 is 0 Å². The van der Waals surface area contributed by atoms with Gasteiger partial charge in [0, 0.05) is 13.1 Å². The first-order valence-corrected chi connectivity index (χ1v) is 5.53. The van der Waals surface area contributed by atoms with Crippen LogP contribution in [-0.4, -0.2) is 48.2 Å². The molecule has 1 aliphatic rings. The third kappa shape index (κ3) is 3.64. The first kappa shape index (κ1) is 12.2. The molecule has 15 heavy (non-hydrogen) atoms. The maximum atomic E-state index is 12.0. The van der Waals surface area contributed by atoms with Gasteiger partial charge in [0.25, 0.3) is 0 Å². The Morgan fingerprint density at radius 1 is 1.60 bits per heavy atom. The van der Waals surface area contributed by atoms with Gasteiger partial charge in [0.15, 0.2) is 0 Å². The lowest BCUT2D eigenvalue weighted by Gasteiger charge is -2.28. The van der Waals surface area contributed by atoms with Gasteiger partial charge in [-0.3, -0.25) is 4.79 Å². The quantitative estimate of drug-likeness (QED) is 0.637. The Bertz CT molecular complexity index is 213. The molecule has 1 unspecified atom stereocenters. The second-order valence-corrected chi connectivity index (χ2v) is 3.80. The molecule has 1 saturated heterocycles. The molecule has 1 rings (SSSR count). The van der Waals surface area contributed by atoms with Crippen molar-refractivity contribution in [3.63, 3.8) is 0 Å². The summed E-state index contributed by atoms with van der Waals surface area (Å²) in [6.07, 6.45) is 4.84. The summed E-state index contributed by atoms with van der Waals surface area (Å²) >= 11 is 0. The van der Waals surface area contributed by atoms with Gasteiger partial charge in [-0.1, -0.05) is 12.5 Å². The highest BCUT2D eigenvalue weighted by Gasteiger charge is 2.24. The number of nitrogens with one attached hydrogen (secondary N) is 1. The van der Waals surface area contributed by atoms with Crippen molar-refractivity contribution in [2.75, 3.05) is 26.2 Å². The molecule has 0 spiro atoms. The van der Waals surface area contributed by atoms with Gasteiger partial charge in [-0.05, 0) is 19.4 Å². The Kier molecular flexibility index (Phi) is 5.36. The SMILES string of the molecule is C=CCN(CCO)C(=O)C1CCCCN1. The minimum absolute atomic E-state index is 0.00625. The first-order chi connectivity index (χ1) is 7.29. The highest BCUT2D eigenvalue weighted by atomic mass is 16.3. The minimum atomic E-state index is -0.0646. The van der Waals surface area contributed by atoms with Crippen molar-refractivity contribution in [2.45, 2.75) is 25.3 Å². The van der Waals surface area contributed by atoms with Gasteiger partial charge in [-0.2, -0.15) is 0 Å². The van der Waals surface area contributed by atoms with E-state index in [2.05, 4.69) is 11.9 Å². The van der Waals surface area contributed by atoms with Gasteiger partial charge >= 0.3 is 0 Å². The molecule has 0 aromatic rings. The number of carbonyl (C=O) groups excluding carboxylic acids is 1. The van der Waals surface area contributed by atoms with Crippen molar-refractivity contribution in [1.82, 2.24) is 10.2 Å². The van der Waals surface area contributed by atoms with Gasteiger partial charge in [0.1, 0.15) is 0 Å². The molecular weight excluding hydrogens is 192 g/mol. The topological polar surface area (TPSA) is 52.6 Å². The van der Waals surface area contributed by atoms with E-state index >= 15 is 0 Å². The summed E-state index contributed by atoms with van der Waals surface area (Å²) in [6, 6.07) is -0.0646. The molecule has 0 saturated carbocycles. The number of amides is 1. The third-order valence-electron chi connectivity index (χ3n) is 2.64. The van der Waals surface area contributed by atoms with Crippen molar-refractivity contribution in [1.29, 1.82) is 0 Å². The molecule has 0 radical (unpaired) electrons. The average molecular weight is 212 g/mol. The zero-order valence-electron chi connectivity index (χ0n) is 9.11. The lowest BCUT2D eigenvalue weighted by Crippen LogP contribution is -2.49. The summed E-state index contributed by atoms with van der Waals surface area (Å²) < 4.78 is 0. The fourth-order valence-corrected chi connectivity index (χ4v) is 1.85. The molecular formula is C11H20N2O2. The number of rotatable bonds is 5. The second-order valence-electron chi connectivity index (χ2n) is 3.80. The summed E-state index contributed by atoms with van der Waals surface area (Å²) in [5.74, 6) is 0.0867. The Labute approximate surface area is 91.0 Å². The lowest BCUT2D eigenvalue weighted by atomic mass is 10.0. The first-order valence-electron chi connectivity index (χ1n) is 5.53. The third-order valence-corrected chi connectivity index (χ3v) is 2.64. The molecule has 1 heterocycles. The Balaban J connectivity index is 2.48. The van der Waals surface area contributed by atoms with Crippen LogP contribution in [0.1, 0.15) is 19.3 Å². The molecule has 4 heteroatoms. The van der Waals surface area contributed by atoms with E-state index in [0.717, 1.165) is 25.8 Å². The van der Waals surface area contributed by atoms with E-state index in [0.29, 0.717) is 13.1 Å². The fourth-order valence-electron chi connectivity index (χ4n) is 1.85. The predicted octanol–water partition coefficient (Wildman–Crippen LogP) is 0.135. The van der Waals surface area contributed by atoms with Crippen LogP contribution in [0.5, 0.6) is 0 Å². The van der Waals surface area contributed by atoms with Crippen molar-refractivity contribution in [2.24, 2.45) is 0 Å². The van der Waals surface area contributed by atoms with Crippen molar-refractivity contribution < 1.29 is 9.90 Å².